The molecular weight excluding hydrogens is 400 g/mol. The van der Waals surface area contributed by atoms with E-state index in [-0.39, 0.29) is 5.97 Å². The number of benzene rings is 3. The standard InChI is InChI=1S/C27H26N2O3/c1-4-5-9-19-16-21(14-15-23(19)22-11-7-6-10-20(22)17-30)29-18(2)28-25-13-8-12-24(26(25)29)27(31)32-3/h6-8,10-17H,4-5,9H2,1-3H3. The lowest BCUT2D eigenvalue weighted by Gasteiger charge is -2.16. The van der Waals surface area contributed by atoms with E-state index >= 15 is 0 Å². The Bertz CT molecular complexity index is 1300. The lowest BCUT2D eigenvalue weighted by molar-refractivity contribution is 0.0602. The van der Waals surface area contributed by atoms with E-state index in [0.29, 0.717) is 11.1 Å². The van der Waals surface area contributed by atoms with Crippen LogP contribution in [0.2, 0.25) is 0 Å². The molecule has 4 aromatic rings. The van der Waals surface area contributed by atoms with E-state index in [4.69, 9.17) is 4.74 Å². The third-order valence-electron chi connectivity index (χ3n) is 5.77. The Morgan fingerprint density at radius 2 is 1.88 bits per heavy atom. The molecule has 0 amide bonds. The van der Waals surface area contributed by atoms with Crippen molar-refractivity contribution in [2.75, 3.05) is 7.11 Å². The Labute approximate surface area is 187 Å². The molecule has 32 heavy (non-hydrogen) atoms. The fraction of sp³-hybridized carbons (Fsp3) is 0.222. The summed E-state index contributed by atoms with van der Waals surface area (Å²) in [6.07, 6.45) is 3.90. The number of hydrogen-bond donors (Lipinski definition) is 0. The van der Waals surface area contributed by atoms with Crippen LogP contribution in [-0.2, 0) is 11.2 Å². The minimum Gasteiger partial charge on any atom is -0.465 e. The molecule has 0 aliphatic rings. The van der Waals surface area contributed by atoms with Crippen molar-refractivity contribution in [2.45, 2.75) is 33.1 Å². The first-order chi connectivity index (χ1) is 15.6. The van der Waals surface area contributed by atoms with Crippen LogP contribution in [-0.4, -0.2) is 28.9 Å². The summed E-state index contributed by atoms with van der Waals surface area (Å²) >= 11 is 0. The topological polar surface area (TPSA) is 61.2 Å². The van der Waals surface area contributed by atoms with E-state index in [1.54, 1.807) is 6.07 Å². The Balaban J connectivity index is 1.94. The molecule has 1 aromatic heterocycles. The quantitative estimate of drug-likeness (QED) is 0.271. The molecule has 3 aromatic carbocycles. The highest BCUT2D eigenvalue weighted by molar-refractivity contribution is 6.03. The molecule has 0 unspecified atom stereocenters. The third kappa shape index (κ3) is 3.82. The summed E-state index contributed by atoms with van der Waals surface area (Å²) in [4.78, 5) is 28.8. The van der Waals surface area contributed by atoms with Crippen molar-refractivity contribution in [1.82, 2.24) is 9.55 Å². The molecule has 0 radical (unpaired) electrons. The average Bonchev–Trinajstić information content (AvgIpc) is 3.17. The number of hydrogen-bond acceptors (Lipinski definition) is 4. The molecule has 0 bridgehead atoms. The van der Waals surface area contributed by atoms with Crippen LogP contribution >= 0.6 is 0 Å². The third-order valence-corrected chi connectivity index (χ3v) is 5.77. The highest BCUT2D eigenvalue weighted by Gasteiger charge is 2.19. The maximum Gasteiger partial charge on any atom is 0.340 e. The van der Waals surface area contributed by atoms with Crippen LogP contribution in [0.15, 0.2) is 60.7 Å². The van der Waals surface area contributed by atoms with Crippen LogP contribution in [0.25, 0.3) is 27.8 Å². The SMILES string of the molecule is CCCCc1cc(-n2c(C)nc3cccc(C(=O)OC)c32)ccc1-c1ccccc1C=O. The summed E-state index contributed by atoms with van der Waals surface area (Å²) < 4.78 is 7.02. The Kier molecular flexibility index (Phi) is 6.17. The lowest BCUT2D eigenvalue weighted by Crippen LogP contribution is -2.06. The fourth-order valence-corrected chi connectivity index (χ4v) is 4.23. The maximum absolute atomic E-state index is 12.4. The van der Waals surface area contributed by atoms with Gasteiger partial charge in [0.2, 0.25) is 0 Å². The van der Waals surface area contributed by atoms with Gasteiger partial charge >= 0.3 is 5.97 Å². The summed E-state index contributed by atoms with van der Waals surface area (Å²) in [6.45, 7) is 4.10. The molecule has 0 aliphatic carbocycles. The smallest absolute Gasteiger partial charge is 0.340 e. The normalized spacial score (nSPS) is 11.0. The number of para-hydroxylation sites is 1. The van der Waals surface area contributed by atoms with Gasteiger partial charge in [-0.3, -0.25) is 9.36 Å². The van der Waals surface area contributed by atoms with Gasteiger partial charge in [0, 0.05) is 11.3 Å². The predicted molar refractivity (Wildman–Crippen MR) is 127 cm³/mol. The maximum atomic E-state index is 12.4. The van der Waals surface area contributed by atoms with Gasteiger partial charge in [-0.15, -0.1) is 0 Å². The number of fused-ring (bicyclic) bond motifs is 1. The molecule has 0 spiro atoms. The number of methoxy groups -OCH3 is 1. The Morgan fingerprint density at radius 1 is 1.06 bits per heavy atom. The zero-order chi connectivity index (χ0) is 22.7. The molecule has 0 aliphatic heterocycles. The summed E-state index contributed by atoms with van der Waals surface area (Å²) in [5.74, 6) is 0.401. The number of unbranched alkanes of at least 4 members (excludes halogenated alkanes) is 1. The van der Waals surface area contributed by atoms with Crippen molar-refractivity contribution in [1.29, 1.82) is 0 Å². The number of carbonyl (C=O) groups excluding carboxylic acids is 2. The van der Waals surface area contributed by atoms with Crippen LogP contribution in [0.5, 0.6) is 0 Å². The number of aryl methyl sites for hydroxylation is 2. The highest BCUT2D eigenvalue weighted by Crippen LogP contribution is 2.32. The molecule has 0 fully saturated rings. The van der Waals surface area contributed by atoms with Crippen LogP contribution in [0.3, 0.4) is 0 Å². The lowest BCUT2D eigenvalue weighted by atomic mass is 9.93. The van der Waals surface area contributed by atoms with Crippen molar-refractivity contribution in [3.63, 3.8) is 0 Å². The molecule has 0 saturated heterocycles. The van der Waals surface area contributed by atoms with Crippen molar-refractivity contribution in [2.24, 2.45) is 0 Å². The number of carbonyl (C=O) groups is 2. The predicted octanol–water partition coefficient (Wildman–Crippen LogP) is 5.94. The molecule has 5 heteroatoms. The molecule has 162 valence electrons. The molecule has 0 N–H and O–H groups in total. The number of nitrogens with zero attached hydrogens (tertiary/aromatic N) is 2. The van der Waals surface area contributed by atoms with Gasteiger partial charge < -0.3 is 4.74 Å². The second-order valence-electron chi connectivity index (χ2n) is 7.81. The molecule has 0 saturated carbocycles. The number of rotatable bonds is 7. The number of esters is 1. The Hall–Kier alpha value is -3.73. The number of ether oxygens (including phenoxy) is 1. The van der Waals surface area contributed by atoms with Gasteiger partial charge in [-0.1, -0.05) is 49.7 Å². The van der Waals surface area contributed by atoms with Crippen LogP contribution in [0.4, 0.5) is 0 Å². The van der Waals surface area contributed by atoms with Gasteiger partial charge in [0.15, 0.2) is 6.29 Å². The van der Waals surface area contributed by atoms with Gasteiger partial charge in [0.25, 0.3) is 0 Å². The van der Waals surface area contributed by atoms with Crippen molar-refractivity contribution in [3.05, 3.63) is 83.2 Å². The monoisotopic (exact) mass is 426 g/mol. The molecule has 5 nitrogen and oxygen atoms in total. The van der Waals surface area contributed by atoms with E-state index in [9.17, 15) is 9.59 Å². The summed E-state index contributed by atoms with van der Waals surface area (Å²) in [7, 11) is 1.39. The van der Waals surface area contributed by atoms with Gasteiger partial charge in [0.05, 0.1) is 23.7 Å². The zero-order valence-corrected chi connectivity index (χ0v) is 18.6. The largest absolute Gasteiger partial charge is 0.465 e. The first-order valence-corrected chi connectivity index (χ1v) is 10.8. The fourth-order valence-electron chi connectivity index (χ4n) is 4.23. The van der Waals surface area contributed by atoms with E-state index in [1.165, 1.54) is 7.11 Å². The van der Waals surface area contributed by atoms with Crippen molar-refractivity contribution >= 4 is 23.3 Å². The van der Waals surface area contributed by atoms with Crippen LogP contribution < -0.4 is 0 Å². The van der Waals surface area contributed by atoms with Crippen LogP contribution in [0.1, 0.15) is 51.9 Å². The van der Waals surface area contributed by atoms with Gasteiger partial charge in [-0.05, 0) is 60.7 Å². The number of aldehydes is 1. The number of aromatic nitrogens is 2. The van der Waals surface area contributed by atoms with Gasteiger partial charge in [0.1, 0.15) is 5.82 Å². The van der Waals surface area contributed by atoms with E-state index in [2.05, 4.69) is 24.0 Å². The molecule has 0 atom stereocenters. The van der Waals surface area contributed by atoms with Crippen molar-refractivity contribution < 1.29 is 14.3 Å². The number of imidazole rings is 1. The van der Waals surface area contributed by atoms with Crippen molar-refractivity contribution in [3.8, 4) is 16.8 Å². The molecular formula is C27H26N2O3. The van der Waals surface area contributed by atoms with Gasteiger partial charge in [-0.25, -0.2) is 9.78 Å². The van der Waals surface area contributed by atoms with E-state index < -0.39 is 0 Å². The summed E-state index contributed by atoms with van der Waals surface area (Å²) in [6, 6.07) is 19.4. The minimum atomic E-state index is -0.389. The van der Waals surface area contributed by atoms with Gasteiger partial charge in [-0.2, -0.15) is 0 Å². The first kappa shape index (κ1) is 21.5. The highest BCUT2D eigenvalue weighted by atomic mass is 16.5. The second-order valence-corrected chi connectivity index (χ2v) is 7.81. The summed E-state index contributed by atoms with van der Waals surface area (Å²) in [5.41, 5.74) is 6.72. The first-order valence-electron chi connectivity index (χ1n) is 10.8. The van der Waals surface area contributed by atoms with E-state index in [1.807, 2.05) is 54.0 Å². The minimum absolute atomic E-state index is 0.389. The average molecular weight is 427 g/mol. The summed E-state index contributed by atoms with van der Waals surface area (Å²) in [5, 5.41) is 0. The van der Waals surface area contributed by atoms with E-state index in [0.717, 1.165) is 64.8 Å². The van der Waals surface area contributed by atoms with Crippen LogP contribution in [0, 0.1) is 6.92 Å². The molecule has 4 rings (SSSR count). The zero-order valence-electron chi connectivity index (χ0n) is 18.6. The Morgan fingerprint density at radius 3 is 2.62 bits per heavy atom. The molecule has 1 heterocycles. The second kappa shape index (κ2) is 9.18.